The Morgan fingerprint density at radius 2 is 2.27 bits per heavy atom. The highest BCUT2D eigenvalue weighted by molar-refractivity contribution is 5.84. The minimum Gasteiger partial charge on any atom is -0.397 e. The van der Waals surface area contributed by atoms with Crippen LogP contribution in [0.1, 0.15) is 11.4 Å². The molecule has 1 rings (SSSR count). The van der Waals surface area contributed by atoms with Crippen molar-refractivity contribution in [2.75, 3.05) is 12.8 Å². The molecule has 0 aliphatic heterocycles. The summed E-state index contributed by atoms with van der Waals surface area (Å²) < 4.78 is 0. The van der Waals surface area contributed by atoms with Crippen molar-refractivity contribution in [1.82, 2.24) is 4.98 Å². The first-order valence-corrected chi connectivity index (χ1v) is 3.39. The van der Waals surface area contributed by atoms with Gasteiger partial charge < -0.3 is 5.73 Å². The molecule has 0 spiro atoms. The van der Waals surface area contributed by atoms with Gasteiger partial charge >= 0.3 is 0 Å². The van der Waals surface area contributed by atoms with E-state index >= 15 is 0 Å². The predicted molar refractivity (Wildman–Crippen MR) is 46.9 cm³/mol. The highest BCUT2D eigenvalue weighted by Crippen LogP contribution is 2.06. The molecule has 0 aromatic carbocycles. The SMILES string of the molecule is CN=Cc1nc(C)ccc1N. The Balaban J connectivity index is 3.12. The van der Waals surface area contributed by atoms with E-state index < -0.39 is 0 Å². The van der Waals surface area contributed by atoms with Gasteiger partial charge in [0.25, 0.3) is 0 Å². The number of aliphatic imine (C=N–C) groups is 1. The Hall–Kier alpha value is -1.38. The molecule has 3 heteroatoms. The summed E-state index contributed by atoms with van der Waals surface area (Å²) in [5.41, 5.74) is 7.99. The molecule has 0 amide bonds. The van der Waals surface area contributed by atoms with Gasteiger partial charge in [0.2, 0.25) is 0 Å². The molecule has 0 saturated heterocycles. The monoisotopic (exact) mass is 149 g/mol. The largest absolute Gasteiger partial charge is 0.397 e. The fourth-order valence-electron chi connectivity index (χ4n) is 0.813. The van der Waals surface area contributed by atoms with E-state index in [1.165, 1.54) is 0 Å². The van der Waals surface area contributed by atoms with Gasteiger partial charge in [-0.3, -0.25) is 4.99 Å². The third-order valence-electron chi connectivity index (χ3n) is 1.35. The molecular formula is C8H11N3. The number of aromatic nitrogens is 1. The second-order valence-electron chi connectivity index (χ2n) is 2.31. The summed E-state index contributed by atoms with van der Waals surface area (Å²) in [7, 11) is 1.70. The summed E-state index contributed by atoms with van der Waals surface area (Å²) in [5, 5.41) is 0. The number of nitrogens with two attached hydrogens (primary N) is 1. The maximum atomic E-state index is 5.62. The number of anilines is 1. The van der Waals surface area contributed by atoms with Crippen LogP contribution in [0.25, 0.3) is 0 Å². The zero-order chi connectivity index (χ0) is 8.27. The highest BCUT2D eigenvalue weighted by atomic mass is 14.8. The lowest BCUT2D eigenvalue weighted by Gasteiger charge is -1.98. The molecule has 1 aromatic rings. The first-order valence-electron chi connectivity index (χ1n) is 3.39. The van der Waals surface area contributed by atoms with Gasteiger partial charge in [-0.25, -0.2) is 4.98 Å². The first kappa shape index (κ1) is 7.72. The van der Waals surface area contributed by atoms with Crippen LogP contribution in [0.3, 0.4) is 0 Å². The molecule has 0 saturated carbocycles. The second-order valence-corrected chi connectivity index (χ2v) is 2.31. The Morgan fingerprint density at radius 3 is 2.91 bits per heavy atom. The smallest absolute Gasteiger partial charge is 0.104 e. The number of rotatable bonds is 1. The standard InChI is InChI=1S/C8H11N3/c1-6-3-4-7(9)8(11-6)5-10-2/h3-5H,9H2,1-2H3. The maximum absolute atomic E-state index is 5.62. The molecule has 0 bridgehead atoms. The van der Waals surface area contributed by atoms with Crippen LogP contribution in [0.5, 0.6) is 0 Å². The van der Waals surface area contributed by atoms with Crippen LogP contribution in [0.2, 0.25) is 0 Å². The van der Waals surface area contributed by atoms with Crippen molar-refractivity contribution in [3.63, 3.8) is 0 Å². The second kappa shape index (κ2) is 3.14. The van der Waals surface area contributed by atoms with Gasteiger partial charge in [-0.1, -0.05) is 0 Å². The minimum absolute atomic E-state index is 0.668. The quantitative estimate of drug-likeness (QED) is 0.606. The van der Waals surface area contributed by atoms with E-state index in [1.807, 2.05) is 19.1 Å². The van der Waals surface area contributed by atoms with E-state index in [1.54, 1.807) is 13.3 Å². The number of pyridine rings is 1. The number of hydrogen-bond acceptors (Lipinski definition) is 3. The Kier molecular flexibility index (Phi) is 2.21. The van der Waals surface area contributed by atoms with Crippen LogP contribution in [0.4, 0.5) is 5.69 Å². The van der Waals surface area contributed by atoms with Crippen molar-refractivity contribution >= 4 is 11.9 Å². The van der Waals surface area contributed by atoms with Gasteiger partial charge in [-0.15, -0.1) is 0 Å². The maximum Gasteiger partial charge on any atom is 0.104 e. The fraction of sp³-hybridized carbons (Fsp3) is 0.250. The van der Waals surface area contributed by atoms with Crippen LogP contribution >= 0.6 is 0 Å². The van der Waals surface area contributed by atoms with Gasteiger partial charge in [0.05, 0.1) is 5.69 Å². The van der Waals surface area contributed by atoms with E-state index in [9.17, 15) is 0 Å². The normalized spacial score (nSPS) is 10.7. The summed E-state index contributed by atoms with van der Waals surface area (Å²) in [6.45, 7) is 1.92. The lowest BCUT2D eigenvalue weighted by Crippen LogP contribution is -1.97. The van der Waals surface area contributed by atoms with E-state index in [0.717, 1.165) is 11.4 Å². The zero-order valence-electron chi connectivity index (χ0n) is 6.70. The zero-order valence-corrected chi connectivity index (χ0v) is 6.70. The lowest BCUT2D eigenvalue weighted by molar-refractivity contribution is 1.19. The molecule has 1 heterocycles. The predicted octanol–water partition coefficient (Wildman–Crippen LogP) is 1.02. The average molecular weight is 149 g/mol. The van der Waals surface area contributed by atoms with Crippen LogP contribution in [0.15, 0.2) is 17.1 Å². The molecule has 11 heavy (non-hydrogen) atoms. The number of aryl methyl sites for hydroxylation is 1. The van der Waals surface area contributed by atoms with Crippen molar-refractivity contribution in [1.29, 1.82) is 0 Å². The summed E-state index contributed by atoms with van der Waals surface area (Å²) in [5.74, 6) is 0. The van der Waals surface area contributed by atoms with Gasteiger partial charge in [-0.05, 0) is 19.1 Å². The molecule has 0 unspecified atom stereocenters. The highest BCUT2D eigenvalue weighted by Gasteiger charge is 1.95. The Labute approximate surface area is 66.0 Å². The number of nitrogens with zero attached hydrogens (tertiary/aromatic N) is 2. The summed E-state index contributed by atoms with van der Waals surface area (Å²) in [6, 6.07) is 3.71. The summed E-state index contributed by atoms with van der Waals surface area (Å²) >= 11 is 0. The van der Waals surface area contributed by atoms with E-state index in [-0.39, 0.29) is 0 Å². The van der Waals surface area contributed by atoms with E-state index in [4.69, 9.17) is 5.73 Å². The van der Waals surface area contributed by atoms with Gasteiger partial charge in [0.1, 0.15) is 5.69 Å². The summed E-state index contributed by atoms with van der Waals surface area (Å²) in [4.78, 5) is 8.03. The van der Waals surface area contributed by atoms with Crippen molar-refractivity contribution < 1.29 is 0 Å². The van der Waals surface area contributed by atoms with Crippen LogP contribution < -0.4 is 5.73 Å². The molecule has 0 fully saturated rings. The molecule has 0 radical (unpaired) electrons. The summed E-state index contributed by atoms with van der Waals surface area (Å²) in [6.07, 6.45) is 1.66. The first-order chi connectivity index (χ1) is 5.24. The third-order valence-corrected chi connectivity index (χ3v) is 1.35. The minimum atomic E-state index is 0.668. The Bertz CT molecular complexity index is 279. The molecule has 2 N–H and O–H groups in total. The van der Waals surface area contributed by atoms with Crippen LogP contribution in [-0.4, -0.2) is 18.2 Å². The molecule has 3 nitrogen and oxygen atoms in total. The van der Waals surface area contributed by atoms with E-state index in [0.29, 0.717) is 5.69 Å². The average Bonchev–Trinajstić information content (AvgIpc) is 1.98. The topological polar surface area (TPSA) is 51.3 Å². The van der Waals surface area contributed by atoms with Crippen molar-refractivity contribution in [2.45, 2.75) is 6.92 Å². The molecular weight excluding hydrogens is 138 g/mol. The number of hydrogen-bond donors (Lipinski definition) is 1. The van der Waals surface area contributed by atoms with Gasteiger partial charge in [0.15, 0.2) is 0 Å². The lowest BCUT2D eigenvalue weighted by atomic mass is 10.3. The van der Waals surface area contributed by atoms with Crippen LogP contribution in [-0.2, 0) is 0 Å². The molecule has 0 aliphatic rings. The number of nitrogen functional groups attached to an aromatic ring is 1. The van der Waals surface area contributed by atoms with Crippen LogP contribution in [0, 0.1) is 6.92 Å². The van der Waals surface area contributed by atoms with E-state index in [2.05, 4.69) is 9.98 Å². The molecule has 58 valence electrons. The van der Waals surface area contributed by atoms with Crippen molar-refractivity contribution in [3.05, 3.63) is 23.5 Å². The fourth-order valence-corrected chi connectivity index (χ4v) is 0.813. The third kappa shape index (κ3) is 1.77. The molecule has 0 aliphatic carbocycles. The molecule has 0 atom stereocenters. The molecule has 1 aromatic heterocycles. The van der Waals surface area contributed by atoms with Crippen molar-refractivity contribution in [3.8, 4) is 0 Å². The van der Waals surface area contributed by atoms with Gasteiger partial charge in [0, 0.05) is 19.0 Å². The van der Waals surface area contributed by atoms with Crippen molar-refractivity contribution in [2.24, 2.45) is 4.99 Å². The van der Waals surface area contributed by atoms with Gasteiger partial charge in [-0.2, -0.15) is 0 Å². The Morgan fingerprint density at radius 1 is 1.55 bits per heavy atom.